The quantitative estimate of drug-likeness (QED) is 0.607. The Labute approximate surface area is 80.7 Å². The van der Waals surface area contributed by atoms with E-state index in [4.69, 9.17) is 0 Å². The van der Waals surface area contributed by atoms with Crippen LogP contribution in [0.2, 0.25) is 0 Å². The molecule has 2 rings (SSSR count). The minimum Gasteiger partial charge on any atom is -0.375 e. The molecular weight excluding hydrogens is 162 g/mol. The highest BCUT2D eigenvalue weighted by molar-refractivity contribution is 5.16. The predicted molar refractivity (Wildman–Crippen MR) is 53.2 cm³/mol. The lowest BCUT2D eigenvalue weighted by Gasteiger charge is -2.45. The second-order valence-corrected chi connectivity index (χ2v) is 5.60. The molecule has 2 nitrogen and oxygen atoms in total. The van der Waals surface area contributed by atoms with Crippen molar-refractivity contribution < 1.29 is 5.11 Å². The van der Waals surface area contributed by atoms with Crippen molar-refractivity contribution >= 4 is 0 Å². The molecular formula is C11H21NO. The first-order valence-corrected chi connectivity index (χ1v) is 5.29. The molecule has 2 fully saturated rings. The van der Waals surface area contributed by atoms with E-state index in [1.165, 1.54) is 6.42 Å². The Bertz CT molecular complexity index is 238. The summed E-state index contributed by atoms with van der Waals surface area (Å²) in [5.41, 5.74) is -0.288. The summed E-state index contributed by atoms with van der Waals surface area (Å²) in [6.45, 7) is 6.84. The number of hydrogen-bond donors (Lipinski definition) is 2. The average molecular weight is 183 g/mol. The Morgan fingerprint density at radius 1 is 1.31 bits per heavy atom. The van der Waals surface area contributed by atoms with Gasteiger partial charge in [-0.15, -0.1) is 0 Å². The first-order chi connectivity index (χ1) is 5.87. The van der Waals surface area contributed by atoms with E-state index in [1.54, 1.807) is 0 Å². The molecule has 3 atom stereocenters. The van der Waals surface area contributed by atoms with Crippen molar-refractivity contribution in [2.75, 3.05) is 7.05 Å². The summed E-state index contributed by atoms with van der Waals surface area (Å²) in [6.07, 6.45) is 3.36. The molecule has 2 saturated carbocycles. The molecule has 0 saturated heterocycles. The summed E-state index contributed by atoms with van der Waals surface area (Å²) >= 11 is 0. The summed E-state index contributed by atoms with van der Waals surface area (Å²) < 4.78 is 0. The fourth-order valence-electron chi connectivity index (χ4n) is 3.65. The van der Waals surface area contributed by atoms with Crippen LogP contribution in [0.4, 0.5) is 0 Å². The minimum atomic E-state index is -0.626. The molecule has 2 heteroatoms. The van der Waals surface area contributed by atoms with E-state index in [-0.39, 0.29) is 10.8 Å². The van der Waals surface area contributed by atoms with Crippen LogP contribution < -0.4 is 5.32 Å². The number of nitrogens with one attached hydrogen (secondary N) is 1. The van der Waals surface area contributed by atoms with Crippen molar-refractivity contribution in [1.29, 1.82) is 0 Å². The zero-order valence-electron chi connectivity index (χ0n) is 9.15. The fourth-order valence-corrected chi connectivity index (χ4v) is 3.65. The third-order valence-electron chi connectivity index (χ3n) is 5.30. The van der Waals surface area contributed by atoms with E-state index in [2.05, 4.69) is 26.1 Å². The van der Waals surface area contributed by atoms with Gasteiger partial charge in [0.2, 0.25) is 0 Å². The van der Waals surface area contributed by atoms with Gasteiger partial charge in [-0.3, -0.25) is 5.32 Å². The lowest BCUT2D eigenvalue weighted by atomic mass is 9.67. The SMILES string of the molecule is CN[C@@]1(O)C[C@H]2CC[C@]1(C)C2(C)C. The van der Waals surface area contributed by atoms with Gasteiger partial charge in [-0.25, -0.2) is 0 Å². The molecule has 0 aromatic heterocycles. The molecule has 76 valence electrons. The zero-order chi connectivity index (χ0) is 9.91. The third-order valence-corrected chi connectivity index (χ3v) is 5.30. The Balaban J connectivity index is 2.44. The van der Waals surface area contributed by atoms with Crippen molar-refractivity contribution in [2.45, 2.75) is 45.8 Å². The second kappa shape index (κ2) is 2.29. The molecule has 0 radical (unpaired) electrons. The van der Waals surface area contributed by atoms with E-state index in [0.29, 0.717) is 5.92 Å². The first-order valence-electron chi connectivity index (χ1n) is 5.29. The summed E-state index contributed by atoms with van der Waals surface area (Å²) in [6, 6.07) is 0. The van der Waals surface area contributed by atoms with Gasteiger partial charge in [-0.1, -0.05) is 20.8 Å². The maximum atomic E-state index is 10.5. The van der Waals surface area contributed by atoms with E-state index in [9.17, 15) is 5.11 Å². The van der Waals surface area contributed by atoms with Crippen molar-refractivity contribution in [3.8, 4) is 0 Å². The van der Waals surface area contributed by atoms with Crippen LogP contribution in [-0.2, 0) is 0 Å². The fraction of sp³-hybridized carbons (Fsp3) is 1.00. The highest BCUT2D eigenvalue weighted by Gasteiger charge is 2.67. The zero-order valence-corrected chi connectivity index (χ0v) is 9.15. The highest BCUT2D eigenvalue weighted by Crippen LogP contribution is 2.68. The smallest absolute Gasteiger partial charge is 0.121 e. The summed E-state index contributed by atoms with van der Waals surface area (Å²) in [4.78, 5) is 0. The summed E-state index contributed by atoms with van der Waals surface area (Å²) in [5, 5.41) is 13.6. The van der Waals surface area contributed by atoms with Gasteiger partial charge in [0.25, 0.3) is 0 Å². The van der Waals surface area contributed by atoms with Crippen LogP contribution in [0.5, 0.6) is 0 Å². The molecule has 2 aliphatic carbocycles. The minimum absolute atomic E-state index is 0.0550. The van der Waals surface area contributed by atoms with E-state index in [0.717, 1.165) is 12.8 Å². The summed E-state index contributed by atoms with van der Waals surface area (Å²) in [5.74, 6) is 0.690. The Morgan fingerprint density at radius 3 is 2.15 bits per heavy atom. The molecule has 0 aromatic carbocycles. The molecule has 2 aliphatic rings. The van der Waals surface area contributed by atoms with Crippen molar-refractivity contribution in [3.05, 3.63) is 0 Å². The van der Waals surface area contributed by atoms with Gasteiger partial charge < -0.3 is 5.11 Å². The van der Waals surface area contributed by atoms with Gasteiger partial charge in [0.05, 0.1) is 0 Å². The standard InChI is InChI=1S/C11H21NO/c1-9(2)8-5-6-10(9,3)11(13,7-8)12-4/h8,12-13H,5-7H2,1-4H3/t8-,10-,11-/m1/s1. The number of rotatable bonds is 1. The van der Waals surface area contributed by atoms with Crippen LogP contribution in [0, 0.1) is 16.7 Å². The molecule has 2 bridgehead atoms. The average Bonchev–Trinajstić information content (AvgIpc) is 2.36. The maximum Gasteiger partial charge on any atom is 0.121 e. The molecule has 0 aliphatic heterocycles. The monoisotopic (exact) mass is 183 g/mol. The van der Waals surface area contributed by atoms with Gasteiger partial charge >= 0.3 is 0 Å². The molecule has 2 N–H and O–H groups in total. The number of hydrogen-bond acceptors (Lipinski definition) is 2. The van der Waals surface area contributed by atoms with Crippen LogP contribution in [-0.4, -0.2) is 17.9 Å². The molecule has 0 amide bonds. The molecule has 0 aromatic rings. The van der Waals surface area contributed by atoms with Crippen molar-refractivity contribution in [3.63, 3.8) is 0 Å². The lowest BCUT2D eigenvalue weighted by molar-refractivity contribution is -0.109. The topological polar surface area (TPSA) is 32.3 Å². The van der Waals surface area contributed by atoms with Crippen molar-refractivity contribution in [1.82, 2.24) is 5.32 Å². The Hall–Kier alpha value is -0.0800. The second-order valence-electron chi connectivity index (χ2n) is 5.60. The van der Waals surface area contributed by atoms with Gasteiger partial charge in [0.1, 0.15) is 5.72 Å². The van der Waals surface area contributed by atoms with Gasteiger partial charge in [0.15, 0.2) is 0 Å². The molecule has 0 heterocycles. The molecule has 13 heavy (non-hydrogen) atoms. The van der Waals surface area contributed by atoms with Crippen LogP contribution in [0.15, 0.2) is 0 Å². The largest absolute Gasteiger partial charge is 0.375 e. The van der Waals surface area contributed by atoms with Gasteiger partial charge in [-0.2, -0.15) is 0 Å². The van der Waals surface area contributed by atoms with Gasteiger partial charge in [-0.05, 0) is 37.6 Å². The van der Waals surface area contributed by atoms with E-state index >= 15 is 0 Å². The normalized spacial score (nSPS) is 52.8. The van der Waals surface area contributed by atoms with Crippen molar-refractivity contribution in [2.24, 2.45) is 16.7 Å². The first kappa shape index (κ1) is 9.47. The van der Waals surface area contributed by atoms with E-state index in [1.807, 2.05) is 7.05 Å². The third kappa shape index (κ3) is 0.816. The number of aliphatic hydroxyl groups is 1. The Kier molecular flexibility index (Phi) is 1.67. The molecule has 0 spiro atoms. The van der Waals surface area contributed by atoms with Crippen LogP contribution >= 0.6 is 0 Å². The van der Waals surface area contributed by atoms with Gasteiger partial charge in [0, 0.05) is 5.41 Å². The maximum absolute atomic E-state index is 10.5. The predicted octanol–water partition coefficient (Wildman–Crippen LogP) is 1.74. The Morgan fingerprint density at radius 2 is 1.92 bits per heavy atom. The molecule has 0 unspecified atom stereocenters. The van der Waals surface area contributed by atoms with Crippen LogP contribution in [0.1, 0.15) is 40.0 Å². The highest BCUT2D eigenvalue weighted by atomic mass is 16.3. The van der Waals surface area contributed by atoms with Crippen LogP contribution in [0.25, 0.3) is 0 Å². The lowest BCUT2D eigenvalue weighted by Crippen LogP contribution is -2.55. The number of fused-ring (bicyclic) bond motifs is 2. The van der Waals surface area contributed by atoms with E-state index < -0.39 is 5.72 Å². The summed E-state index contributed by atoms with van der Waals surface area (Å²) in [7, 11) is 1.88. The van der Waals surface area contributed by atoms with Crippen LogP contribution in [0.3, 0.4) is 0 Å².